The highest BCUT2D eigenvalue weighted by atomic mass is 16.5. The largest absolute Gasteiger partial charge is 0.496 e. The standard InChI is InChI=1S/C16H22N2O3/c1-3-18-11-13(10-15(18)19)16(20)17-9-8-12-6-4-5-7-14(12)21-2/h4-7,13H,3,8-11H2,1-2H3,(H,17,20)/t13-/m0/s1. The predicted molar refractivity (Wildman–Crippen MR) is 80.1 cm³/mol. The monoisotopic (exact) mass is 290 g/mol. The van der Waals surface area contributed by atoms with Gasteiger partial charge in [-0.15, -0.1) is 0 Å². The number of para-hydroxylation sites is 1. The van der Waals surface area contributed by atoms with Crippen LogP contribution in [0.3, 0.4) is 0 Å². The number of methoxy groups -OCH3 is 1. The molecule has 1 saturated heterocycles. The van der Waals surface area contributed by atoms with Crippen molar-refractivity contribution in [3.63, 3.8) is 0 Å². The van der Waals surface area contributed by atoms with Crippen LogP contribution in [0.4, 0.5) is 0 Å². The lowest BCUT2D eigenvalue weighted by Gasteiger charge is -2.14. The van der Waals surface area contributed by atoms with E-state index >= 15 is 0 Å². The Balaban J connectivity index is 1.81. The van der Waals surface area contributed by atoms with E-state index in [4.69, 9.17) is 4.74 Å². The minimum Gasteiger partial charge on any atom is -0.496 e. The molecule has 1 atom stereocenters. The van der Waals surface area contributed by atoms with E-state index in [2.05, 4.69) is 5.32 Å². The number of hydrogen-bond donors (Lipinski definition) is 1. The maximum absolute atomic E-state index is 12.1. The van der Waals surface area contributed by atoms with Gasteiger partial charge in [0.05, 0.1) is 13.0 Å². The Morgan fingerprint density at radius 1 is 1.43 bits per heavy atom. The third-order valence-electron chi connectivity index (χ3n) is 3.85. The van der Waals surface area contributed by atoms with E-state index in [0.717, 1.165) is 11.3 Å². The maximum atomic E-state index is 12.1. The summed E-state index contributed by atoms with van der Waals surface area (Å²) in [5.74, 6) is 0.659. The summed E-state index contributed by atoms with van der Waals surface area (Å²) < 4.78 is 5.28. The van der Waals surface area contributed by atoms with Crippen LogP contribution in [0.15, 0.2) is 24.3 Å². The van der Waals surface area contributed by atoms with E-state index < -0.39 is 0 Å². The van der Waals surface area contributed by atoms with Crippen LogP contribution in [0.25, 0.3) is 0 Å². The van der Waals surface area contributed by atoms with E-state index in [0.29, 0.717) is 32.5 Å². The summed E-state index contributed by atoms with van der Waals surface area (Å²) in [6, 6.07) is 7.77. The van der Waals surface area contributed by atoms with Crippen LogP contribution in [0.2, 0.25) is 0 Å². The molecule has 1 fully saturated rings. The second-order valence-corrected chi connectivity index (χ2v) is 5.19. The maximum Gasteiger partial charge on any atom is 0.225 e. The van der Waals surface area contributed by atoms with Crippen molar-refractivity contribution in [3.8, 4) is 5.75 Å². The lowest BCUT2D eigenvalue weighted by atomic mass is 10.1. The Morgan fingerprint density at radius 3 is 2.86 bits per heavy atom. The molecule has 0 aliphatic carbocycles. The summed E-state index contributed by atoms with van der Waals surface area (Å²) >= 11 is 0. The lowest BCUT2D eigenvalue weighted by Crippen LogP contribution is -2.34. The SMILES string of the molecule is CCN1C[C@@H](C(=O)NCCc2ccccc2OC)CC1=O. The Labute approximate surface area is 125 Å². The number of nitrogens with zero attached hydrogens (tertiary/aromatic N) is 1. The quantitative estimate of drug-likeness (QED) is 0.857. The fraction of sp³-hybridized carbons (Fsp3) is 0.500. The van der Waals surface area contributed by atoms with Gasteiger partial charge in [-0.05, 0) is 25.0 Å². The van der Waals surface area contributed by atoms with Gasteiger partial charge in [0.2, 0.25) is 11.8 Å². The first-order valence-corrected chi connectivity index (χ1v) is 7.33. The highest BCUT2D eigenvalue weighted by Crippen LogP contribution is 2.19. The van der Waals surface area contributed by atoms with Crippen molar-refractivity contribution in [2.75, 3.05) is 26.7 Å². The smallest absolute Gasteiger partial charge is 0.225 e. The van der Waals surface area contributed by atoms with E-state index in [1.807, 2.05) is 31.2 Å². The van der Waals surface area contributed by atoms with Crippen LogP contribution < -0.4 is 10.1 Å². The number of ether oxygens (including phenoxy) is 1. The zero-order valence-corrected chi connectivity index (χ0v) is 12.6. The summed E-state index contributed by atoms with van der Waals surface area (Å²) in [6.07, 6.45) is 1.04. The van der Waals surface area contributed by atoms with Gasteiger partial charge in [-0.1, -0.05) is 18.2 Å². The van der Waals surface area contributed by atoms with E-state index in [1.54, 1.807) is 12.0 Å². The summed E-state index contributed by atoms with van der Waals surface area (Å²) in [4.78, 5) is 25.4. The minimum atomic E-state index is -0.213. The molecule has 2 rings (SSSR count). The first-order valence-electron chi connectivity index (χ1n) is 7.33. The van der Waals surface area contributed by atoms with Gasteiger partial charge < -0.3 is 15.0 Å². The highest BCUT2D eigenvalue weighted by Gasteiger charge is 2.32. The Morgan fingerprint density at radius 2 is 2.19 bits per heavy atom. The Kier molecular flexibility index (Phi) is 5.20. The second kappa shape index (κ2) is 7.11. The normalized spacial score (nSPS) is 17.9. The number of likely N-dealkylation sites (tertiary alicyclic amines) is 1. The summed E-state index contributed by atoms with van der Waals surface area (Å²) in [5, 5.41) is 2.92. The van der Waals surface area contributed by atoms with Crippen molar-refractivity contribution >= 4 is 11.8 Å². The van der Waals surface area contributed by atoms with Crippen LogP contribution in [-0.4, -0.2) is 43.5 Å². The number of amides is 2. The molecule has 1 aromatic carbocycles. The molecule has 21 heavy (non-hydrogen) atoms. The van der Waals surface area contributed by atoms with Gasteiger partial charge in [0.15, 0.2) is 0 Å². The van der Waals surface area contributed by atoms with Crippen molar-refractivity contribution in [2.24, 2.45) is 5.92 Å². The van der Waals surface area contributed by atoms with Crippen LogP contribution in [-0.2, 0) is 16.0 Å². The first kappa shape index (κ1) is 15.4. The number of hydrogen-bond acceptors (Lipinski definition) is 3. The molecule has 0 bridgehead atoms. The molecule has 1 N–H and O–H groups in total. The highest BCUT2D eigenvalue weighted by molar-refractivity contribution is 5.89. The minimum absolute atomic E-state index is 0.0332. The molecule has 0 unspecified atom stereocenters. The first-order chi connectivity index (χ1) is 10.2. The van der Waals surface area contributed by atoms with Crippen molar-refractivity contribution in [3.05, 3.63) is 29.8 Å². The second-order valence-electron chi connectivity index (χ2n) is 5.19. The van der Waals surface area contributed by atoms with Gasteiger partial charge in [0.1, 0.15) is 5.75 Å². The molecule has 1 aliphatic rings. The molecular formula is C16H22N2O3. The average molecular weight is 290 g/mol. The summed E-state index contributed by atoms with van der Waals surface area (Å²) in [6.45, 7) is 3.69. The van der Waals surface area contributed by atoms with Crippen LogP contribution in [0.1, 0.15) is 18.9 Å². The third-order valence-corrected chi connectivity index (χ3v) is 3.85. The van der Waals surface area contributed by atoms with E-state index in [9.17, 15) is 9.59 Å². The van der Waals surface area contributed by atoms with Crippen molar-refractivity contribution in [1.29, 1.82) is 0 Å². The zero-order chi connectivity index (χ0) is 15.2. The Hall–Kier alpha value is -2.04. The molecule has 1 aliphatic heterocycles. The summed E-state index contributed by atoms with van der Waals surface area (Å²) in [7, 11) is 1.64. The van der Waals surface area contributed by atoms with Gasteiger partial charge in [-0.2, -0.15) is 0 Å². The molecule has 0 aromatic heterocycles. The van der Waals surface area contributed by atoms with Crippen molar-refractivity contribution < 1.29 is 14.3 Å². The molecule has 0 saturated carbocycles. The molecule has 1 aromatic rings. The number of carbonyl (C=O) groups is 2. The van der Waals surface area contributed by atoms with Gasteiger partial charge in [-0.3, -0.25) is 9.59 Å². The van der Waals surface area contributed by atoms with Crippen LogP contribution in [0, 0.1) is 5.92 Å². The lowest BCUT2D eigenvalue weighted by molar-refractivity contribution is -0.128. The zero-order valence-electron chi connectivity index (χ0n) is 12.6. The molecular weight excluding hydrogens is 268 g/mol. The average Bonchev–Trinajstić information content (AvgIpc) is 2.89. The predicted octanol–water partition coefficient (Wildman–Crippen LogP) is 1.22. The van der Waals surface area contributed by atoms with Crippen molar-refractivity contribution in [1.82, 2.24) is 10.2 Å². The Bertz CT molecular complexity index is 516. The molecule has 114 valence electrons. The molecule has 0 spiro atoms. The third kappa shape index (κ3) is 3.74. The molecule has 1 heterocycles. The van der Waals surface area contributed by atoms with Gasteiger partial charge in [-0.25, -0.2) is 0 Å². The number of carbonyl (C=O) groups excluding carboxylic acids is 2. The van der Waals surface area contributed by atoms with Gasteiger partial charge in [0.25, 0.3) is 0 Å². The van der Waals surface area contributed by atoms with E-state index in [1.165, 1.54) is 0 Å². The van der Waals surface area contributed by atoms with Gasteiger partial charge in [0, 0.05) is 26.1 Å². The van der Waals surface area contributed by atoms with Gasteiger partial charge >= 0.3 is 0 Å². The number of rotatable bonds is 6. The fourth-order valence-corrected chi connectivity index (χ4v) is 2.63. The number of benzene rings is 1. The molecule has 2 amide bonds. The summed E-state index contributed by atoms with van der Waals surface area (Å²) in [5.41, 5.74) is 1.07. The van der Waals surface area contributed by atoms with Crippen LogP contribution >= 0.6 is 0 Å². The fourth-order valence-electron chi connectivity index (χ4n) is 2.63. The molecule has 5 heteroatoms. The topological polar surface area (TPSA) is 58.6 Å². The van der Waals surface area contributed by atoms with E-state index in [-0.39, 0.29) is 17.7 Å². The van der Waals surface area contributed by atoms with Crippen molar-refractivity contribution in [2.45, 2.75) is 19.8 Å². The van der Waals surface area contributed by atoms with Crippen LogP contribution in [0.5, 0.6) is 5.75 Å². The molecule has 5 nitrogen and oxygen atoms in total. The number of nitrogens with one attached hydrogen (secondary N) is 1. The molecule has 0 radical (unpaired) electrons.